The number of amides is 1. The van der Waals surface area contributed by atoms with Crippen molar-refractivity contribution < 1.29 is 17.6 Å². The number of rotatable bonds is 3. The van der Waals surface area contributed by atoms with Gasteiger partial charge in [0.25, 0.3) is 5.91 Å². The molecule has 2 saturated heterocycles. The summed E-state index contributed by atoms with van der Waals surface area (Å²) in [6.07, 6.45) is 0.0502. The summed E-state index contributed by atoms with van der Waals surface area (Å²) >= 11 is 7.40. The van der Waals surface area contributed by atoms with Gasteiger partial charge in [-0.3, -0.25) is 4.79 Å². The third kappa shape index (κ3) is 3.94. The Balaban J connectivity index is 1.65. The van der Waals surface area contributed by atoms with Crippen LogP contribution in [0.3, 0.4) is 0 Å². The summed E-state index contributed by atoms with van der Waals surface area (Å²) < 4.78 is 37.5. The van der Waals surface area contributed by atoms with Crippen LogP contribution in [-0.4, -0.2) is 42.3 Å². The average Bonchev–Trinajstić information content (AvgIpc) is 3.09. The molecule has 4 rings (SSSR count). The molecular weight excluding hydrogens is 423 g/mol. The van der Waals surface area contributed by atoms with Gasteiger partial charge in [0.2, 0.25) is 0 Å². The van der Waals surface area contributed by atoms with Gasteiger partial charge in [-0.15, -0.1) is 0 Å². The Kier molecular flexibility index (Phi) is 5.20. The van der Waals surface area contributed by atoms with E-state index in [4.69, 9.17) is 11.6 Å². The fraction of sp³-hybridized carbons (Fsp3) is 0.263. The van der Waals surface area contributed by atoms with Gasteiger partial charge >= 0.3 is 0 Å². The molecule has 1 amide bonds. The maximum Gasteiger partial charge on any atom is 0.252 e. The number of hydrogen-bond acceptors (Lipinski definition) is 4. The van der Waals surface area contributed by atoms with Gasteiger partial charge < -0.3 is 4.90 Å². The Hall–Kier alpha value is -1.90. The van der Waals surface area contributed by atoms with Crippen LogP contribution in [0.5, 0.6) is 0 Å². The van der Waals surface area contributed by atoms with E-state index in [1.165, 1.54) is 23.9 Å². The molecule has 146 valence electrons. The van der Waals surface area contributed by atoms with E-state index in [-0.39, 0.29) is 40.9 Å². The minimum atomic E-state index is -3.15. The third-order valence-corrected chi connectivity index (χ3v) is 8.27. The molecule has 2 unspecified atom stereocenters. The van der Waals surface area contributed by atoms with Crippen molar-refractivity contribution in [3.8, 4) is 0 Å². The molecule has 0 aliphatic carbocycles. The van der Waals surface area contributed by atoms with E-state index in [1.54, 1.807) is 41.3 Å². The molecule has 0 saturated carbocycles. The van der Waals surface area contributed by atoms with Crippen LogP contribution >= 0.6 is 23.4 Å². The number of halogens is 2. The molecule has 28 heavy (non-hydrogen) atoms. The van der Waals surface area contributed by atoms with E-state index >= 15 is 0 Å². The second kappa shape index (κ2) is 7.50. The van der Waals surface area contributed by atoms with Gasteiger partial charge in [-0.05, 0) is 35.9 Å². The second-order valence-corrected chi connectivity index (χ2v) is 10.5. The highest BCUT2D eigenvalue weighted by molar-refractivity contribution is 8.16. The first-order chi connectivity index (χ1) is 13.3. The lowest BCUT2D eigenvalue weighted by Gasteiger charge is -2.24. The van der Waals surface area contributed by atoms with E-state index in [1.807, 2.05) is 0 Å². The van der Waals surface area contributed by atoms with Crippen molar-refractivity contribution in [2.24, 2.45) is 4.99 Å². The van der Waals surface area contributed by atoms with Crippen LogP contribution in [-0.2, 0) is 21.1 Å². The lowest BCUT2D eigenvalue weighted by Crippen LogP contribution is -2.37. The summed E-state index contributed by atoms with van der Waals surface area (Å²) in [5.41, 5.74) is 1.29. The van der Waals surface area contributed by atoms with Crippen LogP contribution in [0.1, 0.15) is 5.56 Å². The number of amidine groups is 1. The number of aliphatic imine (C=N–C) groups is 1. The Morgan fingerprint density at radius 1 is 1.18 bits per heavy atom. The number of thioether (sulfide) groups is 1. The minimum absolute atomic E-state index is 0.0141. The molecular formula is C19H16ClFN2O3S2. The van der Waals surface area contributed by atoms with E-state index in [2.05, 4.69) is 4.99 Å². The predicted octanol–water partition coefficient (Wildman–Crippen LogP) is 3.32. The maximum atomic E-state index is 13.3. The fourth-order valence-electron chi connectivity index (χ4n) is 3.42. The highest BCUT2D eigenvalue weighted by Gasteiger charge is 2.49. The van der Waals surface area contributed by atoms with Crippen LogP contribution in [0.15, 0.2) is 53.5 Å². The molecule has 2 aliphatic rings. The second-order valence-electron chi connectivity index (χ2n) is 6.70. The van der Waals surface area contributed by atoms with Crippen molar-refractivity contribution in [2.75, 3.05) is 16.4 Å². The third-order valence-electron chi connectivity index (χ3n) is 4.69. The Labute approximate surface area is 171 Å². The van der Waals surface area contributed by atoms with Crippen molar-refractivity contribution in [3.05, 3.63) is 64.9 Å². The normalized spacial score (nSPS) is 24.5. The number of hydrogen-bond donors (Lipinski definition) is 0. The van der Waals surface area contributed by atoms with Gasteiger partial charge in [0.1, 0.15) is 5.82 Å². The molecule has 2 heterocycles. The molecule has 0 radical (unpaired) electrons. The summed E-state index contributed by atoms with van der Waals surface area (Å²) in [5, 5.41) is 0.726. The van der Waals surface area contributed by atoms with Gasteiger partial charge in [-0.2, -0.15) is 4.99 Å². The first-order valence-corrected chi connectivity index (χ1v) is 11.7. The predicted molar refractivity (Wildman–Crippen MR) is 110 cm³/mol. The summed E-state index contributed by atoms with van der Waals surface area (Å²) in [6, 6.07) is 12.5. The van der Waals surface area contributed by atoms with Gasteiger partial charge in [0.05, 0.1) is 24.0 Å². The molecule has 0 bridgehead atoms. The van der Waals surface area contributed by atoms with Crippen molar-refractivity contribution in [1.82, 2.24) is 0 Å². The van der Waals surface area contributed by atoms with Crippen LogP contribution in [0.2, 0.25) is 5.02 Å². The van der Waals surface area contributed by atoms with Crippen molar-refractivity contribution in [3.63, 3.8) is 0 Å². The fourth-order valence-corrected chi connectivity index (χ4v) is 7.55. The maximum absolute atomic E-state index is 13.3. The van der Waals surface area contributed by atoms with Gasteiger partial charge in [-0.25, -0.2) is 12.8 Å². The lowest BCUT2D eigenvalue weighted by atomic mass is 10.1. The number of sulfone groups is 1. The molecule has 0 spiro atoms. The first kappa shape index (κ1) is 19.4. The van der Waals surface area contributed by atoms with E-state index in [9.17, 15) is 17.6 Å². The number of benzene rings is 2. The molecule has 2 atom stereocenters. The number of carbonyl (C=O) groups excluding carboxylic acids is 1. The number of fused-ring (bicyclic) bond motifs is 1. The number of nitrogens with zero attached hydrogens (tertiary/aromatic N) is 2. The lowest BCUT2D eigenvalue weighted by molar-refractivity contribution is -0.117. The zero-order valence-electron chi connectivity index (χ0n) is 14.6. The Morgan fingerprint density at radius 3 is 2.61 bits per heavy atom. The molecule has 2 aromatic carbocycles. The Bertz CT molecular complexity index is 1060. The topological polar surface area (TPSA) is 66.8 Å². The van der Waals surface area contributed by atoms with Crippen LogP contribution in [0.4, 0.5) is 10.1 Å². The smallest absolute Gasteiger partial charge is 0.252 e. The Morgan fingerprint density at radius 2 is 1.89 bits per heavy atom. The van der Waals surface area contributed by atoms with Crippen LogP contribution < -0.4 is 4.90 Å². The van der Waals surface area contributed by atoms with E-state index in [0.29, 0.717) is 21.4 Å². The summed E-state index contributed by atoms with van der Waals surface area (Å²) in [4.78, 5) is 18.5. The molecule has 0 N–H and O–H groups in total. The minimum Gasteiger partial charge on any atom is -0.316 e. The van der Waals surface area contributed by atoms with Gasteiger partial charge in [0.15, 0.2) is 15.0 Å². The van der Waals surface area contributed by atoms with E-state index in [0.717, 1.165) is 0 Å². The number of carbonyl (C=O) groups is 1. The standard InChI is InChI=1S/C19H16ClFN2O3S2/c20-15-4-2-1-3-12(15)9-18(24)22-19-23(14-7-5-13(21)6-8-14)16-10-28(25,26)11-17(16)27-19/h1-8,16-17H,9-11H2. The molecule has 0 aromatic heterocycles. The molecule has 5 nitrogen and oxygen atoms in total. The highest BCUT2D eigenvalue weighted by atomic mass is 35.5. The van der Waals surface area contributed by atoms with Crippen LogP contribution in [0.25, 0.3) is 0 Å². The largest absolute Gasteiger partial charge is 0.316 e. The molecule has 2 aliphatic heterocycles. The van der Waals surface area contributed by atoms with Crippen molar-refractivity contribution in [1.29, 1.82) is 0 Å². The highest BCUT2D eigenvalue weighted by Crippen LogP contribution is 2.41. The zero-order chi connectivity index (χ0) is 19.9. The molecule has 2 fully saturated rings. The van der Waals surface area contributed by atoms with Crippen molar-refractivity contribution in [2.45, 2.75) is 17.7 Å². The molecule has 9 heteroatoms. The molecule has 2 aromatic rings. The zero-order valence-corrected chi connectivity index (χ0v) is 17.0. The van der Waals surface area contributed by atoms with Crippen LogP contribution in [0, 0.1) is 5.82 Å². The van der Waals surface area contributed by atoms with Crippen molar-refractivity contribution >= 4 is 50.0 Å². The van der Waals surface area contributed by atoms with Gasteiger partial charge in [0, 0.05) is 16.0 Å². The summed E-state index contributed by atoms with van der Waals surface area (Å²) in [6.45, 7) is 0. The summed E-state index contributed by atoms with van der Waals surface area (Å²) in [5.74, 6) is -0.734. The monoisotopic (exact) mass is 438 g/mol. The van der Waals surface area contributed by atoms with Gasteiger partial charge in [-0.1, -0.05) is 41.6 Å². The van der Waals surface area contributed by atoms with E-state index < -0.39 is 9.84 Å². The average molecular weight is 439 g/mol. The number of anilines is 1. The SMILES string of the molecule is O=C(Cc1ccccc1Cl)N=C1SC2CS(=O)(=O)CC2N1c1ccc(F)cc1. The quantitative estimate of drug-likeness (QED) is 0.735. The summed E-state index contributed by atoms with van der Waals surface area (Å²) in [7, 11) is -3.15. The first-order valence-electron chi connectivity index (χ1n) is 8.59.